The molecule has 0 aliphatic rings. The van der Waals surface area contributed by atoms with Crippen LogP contribution in [0.15, 0.2) is 0 Å². The predicted molar refractivity (Wildman–Crippen MR) is 77.5 cm³/mol. The molecular weight excluding hydrogens is 216 g/mol. The molecule has 0 aliphatic heterocycles. The Morgan fingerprint density at radius 2 is 1.56 bits per heavy atom. The van der Waals surface area contributed by atoms with Crippen LogP contribution in [-0.2, 0) is 0 Å². The number of hydrogen-bond donors (Lipinski definition) is 2. The summed E-state index contributed by atoms with van der Waals surface area (Å²) in [6.45, 7) is 14.4. The average molecular weight is 246 g/mol. The molecule has 0 heterocycles. The maximum absolute atomic E-state index is 3.57. The minimum Gasteiger partial charge on any atom is -0.314 e. The van der Waals surface area contributed by atoms with E-state index in [2.05, 4.69) is 51.5 Å². The largest absolute Gasteiger partial charge is 0.314 e. The van der Waals surface area contributed by atoms with Crippen molar-refractivity contribution in [2.24, 2.45) is 0 Å². The van der Waals surface area contributed by atoms with Gasteiger partial charge in [0.05, 0.1) is 0 Å². The van der Waals surface area contributed by atoms with Crippen LogP contribution >= 0.6 is 11.8 Å². The van der Waals surface area contributed by atoms with Gasteiger partial charge in [0, 0.05) is 29.9 Å². The van der Waals surface area contributed by atoms with Gasteiger partial charge in [0.1, 0.15) is 0 Å². The summed E-state index contributed by atoms with van der Waals surface area (Å²) >= 11 is 2.00. The van der Waals surface area contributed by atoms with Gasteiger partial charge < -0.3 is 10.6 Å². The van der Waals surface area contributed by atoms with E-state index in [4.69, 9.17) is 0 Å². The molecule has 0 aliphatic carbocycles. The normalized spacial score (nSPS) is 13.1. The van der Waals surface area contributed by atoms with E-state index in [1.807, 2.05) is 11.8 Å². The molecule has 0 aromatic rings. The Bertz CT molecular complexity index is 163. The van der Waals surface area contributed by atoms with Crippen molar-refractivity contribution in [3.8, 4) is 0 Å². The summed E-state index contributed by atoms with van der Waals surface area (Å²) in [5, 5.41) is 7.06. The van der Waals surface area contributed by atoms with Crippen molar-refractivity contribution in [1.82, 2.24) is 10.6 Å². The molecule has 98 valence electrons. The zero-order chi connectivity index (χ0) is 12.7. The van der Waals surface area contributed by atoms with E-state index in [-0.39, 0.29) is 5.54 Å². The van der Waals surface area contributed by atoms with E-state index >= 15 is 0 Å². The highest BCUT2D eigenvalue weighted by molar-refractivity contribution is 8.00. The minimum atomic E-state index is 0.230. The topological polar surface area (TPSA) is 24.1 Å². The van der Waals surface area contributed by atoms with Crippen LogP contribution < -0.4 is 10.6 Å². The van der Waals surface area contributed by atoms with E-state index < -0.39 is 0 Å². The predicted octanol–water partition coefficient (Wildman–Crippen LogP) is 2.89. The zero-order valence-electron chi connectivity index (χ0n) is 11.9. The molecule has 0 rings (SSSR count). The molecule has 0 radical (unpaired) electrons. The molecule has 0 saturated carbocycles. The minimum absolute atomic E-state index is 0.230. The van der Waals surface area contributed by atoms with Crippen LogP contribution in [0.3, 0.4) is 0 Å². The molecular formula is C13H30N2S. The fraction of sp³-hybridized carbons (Fsp3) is 1.00. The standard InChI is InChI=1S/C13H30N2S/c1-7-13(8-2,16-6)11-14-9-10-15-12(3,4)5/h14-15H,7-11H2,1-6H3. The summed E-state index contributed by atoms with van der Waals surface area (Å²) < 4.78 is 0.432. The van der Waals surface area contributed by atoms with Gasteiger partial charge in [0.2, 0.25) is 0 Å². The molecule has 0 bridgehead atoms. The molecule has 0 amide bonds. The second-order valence-electron chi connectivity index (χ2n) is 5.45. The summed E-state index contributed by atoms with van der Waals surface area (Å²) in [5.74, 6) is 0. The Morgan fingerprint density at radius 1 is 1.00 bits per heavy atom. The first-order valence-electron chi connectivity index (χ1n) is 6.40. The Balaban J connectivity index is 3.71. The SMILES string of the molecule is CCC(CC)(CNCCNC(C)(C)C)SC. The van der Waals surface area contributed by atoms with Crippen LogP contribution in [0, 0.1) is 0 Å². The molecule has 0 atom stereocenters. The lowest BCUT2D eigenvalue weighted by Crippen LogP contribution is -2.43. The fourth-order valence-corrected chi connectivity index (χ4v) is 2.53. The van der Waals surface area contributed by atoms with Crippen LogP contribution in [0.5, 0.6) is 0 Å². The second kappa shape index (κ2) is 7.57. The Hall–Kier alpha value is 0.270. The van der Waals surface area contributed by atoms with Gasteiger partial charge in [0.15, 0.2) is 0 Å². The lowest BCUT2D eigenvalue weighted by atomic mass is 10.0. The molecule has 0 spiro atoms. The maximum Gasteiger partial charge on any atom is 0.0276 e. The fourth-order valence-electron chi connectivity index (χ4n) is 1.70. The monoisotopic (exact) mass is 246 g/mol. The average Bonchev–Trinajstić information content (AvgIpc) is 2.23. The lowest BCUT2D eigenvalue weighted by Gasteiger charge is -2.30. The van der Waals surface area contributed by atoms with E-state index in [0.717, 1.165) is 19.6 Å². The van der Waals surface area contributed by atoms with Gasteiger partial charge in [0.25, 0.3) is 0 Å². The van der Waals surface area contributed by atoms with Gasteiger partial charge in [-0.2, -0.15) is 11.8 Å². The van der Waals surface area contributed by atoms with Gasteiger partial charge in [-0.1, -0.05) is 13.8 Å². The van der Waals surface area contributed by atoms with Crippen LogP contribution in [0.2, 0.25) is 0 Å². The molecule has 0 saturated heterocycles. The van der Waals surface area contributed by atoms with E-state index in [9.17, 15) is 0 Å². The zero-order valence-corrected chi connectivity index (χ0v) is 12.8. The Morgan fingerprint density at radius 3 is 1.94 bits per heavy atom. The van der Waals surface area contributed by atoms with E-state index in [0.29, 0.717) is 4.75 Å². The van der Waals surface area contributed by atoms with Gasteiger partial charge in [-0.3, -0.25) is 0 Å². The molecule has 2 nitrogen and oxygen atoms in total. The Labute approximate surface area is 106 Å². The van der Waals surface area contributed by atoms with Crippen molar-refractivity contribution in [2.75, 3.05) is 25.9 Å². The van der Waals surface area contributed by atoms with E-state index in [1.165, 1.54) is 12.8 Å². The Kier molecular flexibility index (Phi) is 7.70. The summed E-state index contributed by atoms with van der Waals surface area (Å²) in [7, 11) is 0. The van der Waals surface area contributed by atoms with Crippen molar-refractivity contribution in [1.29, 1.82) is 0 Å². The highest BCUT2D eigenvalue weighted by Gasteiger charge is 2.23. The quantitative estimate of drug-likeness (QED) is 0.644. The molecule has 0 fully saturated rings. The maximum atomic E-state index is 3.57. The molecule has 3 heteroatoms. The van der Waals surface area contributed by atoms with Gasteiger partial charge in [-0.05, 0) is 39.9 Å². The molecule has 2 N–H and O–H groups in total. The number of hydrogen-bond acceptors (Lipinski definition) is 3. The third kappa shape index (κ3) is 6.77. The smallest absolute Gasteiger partial charge is 0.0276 e. The second-order valence-corrected chi connectivity index (χ2v) is 6.72. The highest BCUT2D eigenvalue weighted by atomic mass is 32.2. The summed E-state index contributed by atoms with van der Waals surface area (Å²) in [6, 6.07) is 0. The summed E-state index contributed by atoms with van der Waals surface area (Å²) in [6.07, 6.45) is 4.71. The first kappa shape index (κ1) is 16.3. The van der Waals surface area contributed by atoms with E-state index in [1.54, 1.807) is 0 Å². The van der Waals surface area contributed by atoms with Gasteiger partial charge in [-0.25, -0.2) is 0 Å². The van der Waals surface area contributed by atoms with Crippen molar-refractivity contribution in [2.45, 2.75) is 57.7 Å². The third-order valence-electron chi connectivity index (χ3n) is 3.13. The van der Waals surface area contributed by atoms with Crippen LogP contribution in [0.4, 0.5) is 0 Å². The summed E-state index contributed by atoms with van der Waals surface area (Å²) in [5.41, 5.74) is 0.230. The number of thioether (sulfide) groups is 1. The van der Waals surface area contributed by atoms with Crippen LogP contribution in [-0.4, -0.2) is 36.2 Å². The lowest BCUT2D eigenvalue weighted by molar-refractivity contribution is 0.413. The van der Waals surface area contributed by atoms with Crippen molar-refractivity contribution in [3.05, 3.63) is 0 Å². The van der Waals surface area contributed by atoms with Crippen LogP contribution in [0.1, 0.15) is 47.5 Å². The molecule has 0 aromatic heterocycles. The summed E-state index contributed by atoms with van der Waals surface area (Å²) in [4.78, 5) is 0. The van der Waals surface area contributed by atoms with Crippen LogP contribution in [0.25, 0.3) is 0 Å². The number of rotatable bonds is 8. The molecule has 16 heavy (non-hydrogen) atoms. The first-order chi connectivity index (χ1) is 7.39. The molecule has 0 unspecified atom stereocenters. The van der Waals surface area contributed by atoms with Gasteiger partial charge in [-0.15, -0.1) is 0 Å². The highest BCUT2D eigenvalue weighted by Crippen LogP contribution is 2.29. The van der Waals surface area contributed by atoms with Crippen molar-refractivity contribution in [3.63, 3.8) is 0 Å². The van der Waals surface area contributed by atoms with Crippen molar-refractivity contribution < 1.29 is 0 Å². The molecule has 0 aromatic carbocycles. The van der Waals surface area contributed by atoms with Gasteiger partial charge >= 0.3 is 0 Å². The van der Waals surface area contributed by atoms with Crippen molar-refractivity contribution >= 4 is 11.8 Å². The third-order valence-corrected chi connectivity index (χ3v) is 4.71. The number of nitrogens with one attached hydrogen (secondary N) is 2. The first-order valence-corrected chi connectivity index (χ1v) is 7.62.